The number of carbonyl (C=O) groups excluding carboxylic acids is 1. The van der Waals surface area contributed by atoms with Gasteiger partial charge in [-0.05, 0) is 48.9 Å². The lowest BCUT2D eigenvalue weighted by Gasteiger charge is -2.11. The van der Waals surface area contributed by atoms with Crippen molar-refractivity contribution in [3.05, 3.63) is 53.1 Å². The van der Waals surface area contributed by atoms with Crippen LogP contribution in [0, 0.1) is 0 Å². The van der Waals surface area contributed by atoms with Crippen molar-refractivity contribution in [2.24, 2.45) is 0 Å². The number of halogens is 4. The standard InChI is InChI=1S/C19H20ClF3N2O4S/c1-2-3-10-24-30(27,28)15-8-9-17(16(20)11-15)29-12-18(26)25-14-6-4-13(5-7-14)19(21,22)23/h4-9,11,24H,2-3,10,12H2,1H3,(H,25,26). The first-order valence-electron chi connectivity index (χ1n) is 8.92. The lowest BCUT2D eigenvalue weighted by molar-refractivity contribution is -0.137. The number of ether oxygens (including phenoxy) is 1. The third-order valence-corrected chi connectivity index (χ3v) is 5.64. The summed E-state index contributed by atoms with van der Waals surface area (Å²) < 4.78 is 69.7. The first-order chi connectivity index (χ1) is 14.0. The zero-order valence-corrected chi connectivity index (χ0v) is 17.5. The highest BCUT2D eigenvalue weighted by Gasteiger charge is 2.30. The highest BCUT2D eigenvalue weighted by atomic mass is 35.5. The predicted octanol–water partition coefficient (Wildman–Crippen LogP) is 4.45. The van der Waals surface area contributed by atoms with Crippen LogP contribution in [0.1, 0.15) is 25.3 Å². The Bertz CT molecular complexity index is 980. The molecule has 1 amide bonds. The maximum atomic E-state index is 12.5. The molecule has 0 radical (unpaired) electrons. The number of hydrogen-bond acceptors (Lipinski definition) is 4. The summed E-state index contributed by atoms with van der Waals surface area (Å²) in [7, 11) is -3.71. The van der Waals surface area contributed by atoms with E-state index >= 15 is 0 Å². The fourth-order valence-corrected chi connectivity index (χ4v) is 3.72. The summed E-state index contributed by atoms with van der Waals surface area (Å²) in [6.07, 6.45) is -2.93. The zero-order chi connectivity index (χ0) is 22.4. The van der Waals surface area contributed by atoms with Gasteiger partial charge in [0.2, 0.25) is 10.0 Å². The van der Waals surface area contributed by atoms with Crippen molar-refractivity contribution in [3.63, 3.8) is 0 Å². The second kappa shape index (κ2) is 10.1. The molecule has 0 unspecified atom stereocenters. The van der Waals surface area contributed by atoms with E-state index in [9.17, 15) is 26.4 Å². The van der Waals surface area contributed by atoms with E-state index in [4.69, 9.17) is 16.3 Å². The van der Waals surface area contributed by atoms with Crippen molar-refractivity contribution in [2.45, 2.75) is 30.8 Å². The van der Waals surface area contributed by atoms with Gasteiger partial charge in [0.25, 0.3) is 5.91 Å². The van der Waals surface area contributed by atoms with Gasteiger partial charge in [-0.25, -0.2) is 13.1 Å². The van der Waals surface area contributed by atoms with Crippen LogP contribution in [-0.4, -0.2) is 27.5 Å². The Balaban J connectivity index is 1.94. The van der Waals surface area contributed by atoms with Gasteiger partial charge in [0.1, 0.15) is 5.75 Å². The maximum Gasteiger partial charge on any atom is 0.416 e. The molecule has 2 rings (SSSR count). The van der Waals surface area contributed by atoms with Crippen LogP contribution in [0.4, 0.5) is 18.9 Å². The lowest BCUT2D eigenvalue weighted by Crippen LogP contribution is -2.24. The minimum absolute atomic E-state index is 0.00398. The highest BCUT2D eigenvalue weighted by Crippen LogP contribution is 2.30. The average Bonchev–Trinajstić information content (AvgIpc) is 2.67. The molecular weight excluding hydrogens is 445 g/mol. The molecule has 0 aliphatic carbocycles. The first-order valence-corrected chi connectivity index (χ1v) is 10.8. The molecule has 0 heterocycles. The number of benzene rings is 2. The summed E-state index contributed by atoms with van der Waals surface area (Å²) in [5.41, 5.74) is -0.662. The molecule has 0 fully saturated rings. The van der Waals surface area contributed by atoms with Crippen molar-refractivity contribution in [1.29, 1.82) is 0 Å². The van der Waals surface area contributed by atoms with Gasteiger partial charge in [-0.2, -0.15) is 13.2 Å². The van der Waals surface area contributed by atoms with Crippen LogP contribution in [0.3, 0.4) is 0 Å². The predicted molar refractivity (Wildman–Crippen MR) is 107 cm³/mol. The van der Waals surface area contributed by atoms with Crippen LogP contribution in [-0.2, 0) is 21.0 Å². The van der Waals surface area contributed by atoms with Crippen molar-refractivity contribution in [3.8, 4) is 5.75 Å². The summed E-state index contributed by atoms with van der Waals surface area (Å²) in [6.45, 7) is 1.77. The molecule has 6 nitrogen and oxygen atoms in total. The number of nitrogens with one attached hydrogen (secondary N) is 2. The average molecular weight is 465 g/mol. The van der Waals surface area contributed by atoms with Crippen LogP contribution < -0.4 is 14.8 Å². The van der Waals surface area contributed by atoms with Crippen molar-refractivity contribution >= 4 is 33.2 Å². The molecule has 0 saturated heterocycles. The van der Waals surface area contributed by atoms with E-state index in [0.717, 1.165) is 30.7 Å². The van der Waals surface area contributed by atoms with Crippen molar-refractivity contribution in [1.82, 2.24) is 4.72 Å². The smallest absolute Gasteiger partial charge is 0.416 e. The minimum atomic E-state index is -4.46. The summed E-state index contributed by atoms with van der Waals surface area (Å²) in [5, 5.41) is 2.39. The molecule has 0 atom stereocenters. The quantitative estimate of drug-likeness (QED) is 0.537. The van der Waals surface area contributed by atoms with E-state index in [1.807, 2.05) is 6.92 Å². The Kier molecular flexibility index (Phi) is 8.10. The van der Waals surface area contributed by atoms with Gasteiger partial charge in [0.05, 0.1) is 15.5 Å². The topological polar surface area (TPSA) is 84.5 Å². The number of hydrogen-bond donors (Lipinski definition) is 2. The molecule has 164 valence electrons. The molecular formula is C19H20ClF3N2O4S. The Morgan fingerprint density at radius 1 is 1.13 bits per heavy atom. The number of amides is 1. The molecule has 11 heteroatoms. The molecule has 2 aromatic rings. The monoisotopic (exact) mass is 464 g/mol. The van der Waals surface area contributed by atoms with E-state index in [1.165, 1.54) is 18.2 Å². The molecule has 0 saturated carbocycles. The zero-order valence-electron chi connectivity index (χ0n) is 15.9. The molecule has 2 aromatic carbocycles. The summed E-state index contributed by atoms with van der Waals surface area (Å²) in [5.74, 6) is -0.532. The number of sulfonamides is 1. The van der Waals surface area contributed by atoms with E-state index in [0.29, 0.717) is 13.0 Å². The van der Waals surface area contributed by atoms with Crippen molar-refractivity contribution in [2.75, 3.05) is 18.5 Å². The third-order valence-electron chi connectivity index (χ3n) is 3.89. The number of unbranched alkanes of at least 4 members (excludes halogenated alkanes) is 1. The van der Waals surface area contributed by atoms with Crippen LogP contribution in [0.15, 0.2) is 47.4 Å². The van der Waals surface area contributed by atoms with Gasteiger partial charge in [-0.1, -0.05) is 24.9 Å². The van der Waals surface area contributed by atoms with Gasteiger partial charge in [0.15, 0.2) is 6.61 Å². The molecule has 0 aromatic heterocycles. The lowest BCUT2D eigenvalue weighted by atomic mass is 10.2. The van der Waals surface area contributed by atoms with E-state index < -0.39 is 34.3 Å². The Morgan fingerprint density at radius 2 is 1.80 bits per heavy atom. The molecule has 0 spiro atoms. The van der Waals surface area contributed by atoms with E-state index in [2.05, 4.69) is 10.0 Å². The molecule has 0 bridgehead atoms. The van der Waals surface area contributed by atoms with Gasteiger partial charge in [-0.3, -0.25) is 4.79 Å². The molecule has 0 aliphatic rings. The fraction of sp³-hybridized carbons (Fsp3) is 0.316. The van der Waals surface area contributed by atoms with E-state index in [1.54, 1.807) is 0 Å². The number of carbonyl (C=O) groups is 1. The molecule has 30 heavy (non-hydrogen) atoms. The van der Waals surface area contributed by atoms with Crippen LogP contribution in [0.2, 0.25) is 5.02 Å². The van der Waals surface area contributed by atoms with Gasteiger partial charge < -0.3 is 10.1 Å². The SMILES string of the molecule is CCCCNS(=O)(=O)c1ccc(OCC(=O)Nc2ccc(C(F)(F)F)cc2)c(Cl)c1. The molecule has 0 aliphatic heterocycles. The van der Waals surface area contributed by atoms with Crippen LogP contribution >= 0.6 is 11.6 Å². The van der Waals surface area contributed by atoms with Crippen LogP contribution in [0.5, 0.6) is 5.75 Å². The van der Waals surface area contributed by atoms with Crippen LogP contribution in [0.25, 0.3) is 0 Å². The second-order valence-electron chi connectivity index (χ2n) is 6.26. The maximum absolute atomic E-state index is 12.5. The Labute approximate surface area is 177 Å². The summed E-state index contributed by atoms with van der Waals surface area (Å²) in [4.78, 5) is 11.9. The largest absolute Gasteiger partial charge is 0.482 e. The van der Waals surface area contributed by atoms with E-state index in [-0.39, 0.29) is 21.4 Å². The fourth-order valence-electron chi connectivity index (χ4n) is 2.32. The number of alkyl halides is 3. The normalized spacial score (nSPS) is 11.9. The second-order valence-corrected chi connectivity index (χ2v) is 8.43. The molecule has 2 N–H and O–H groups in total. The van der Waals surface area contributed by atoms with Crippen molar-refractivity contribution < 1.29 is 31.1 Å². The summed E-state index contributed by atoms with van der Waals surface area (Å²) >= 11 is 6.05. The van der Waals surface area contributed by atoms with Gasteiger partial charge in [-0.15, -0.1) is 0 Å². The summed E-state index contributed by atoms with van der Waals surface area (Å²) in [6, 6.07) is 7.77. The third kappa shape index (κ3) is 6.89. The Hall–Kier alpha value is -2.30. The van der Waals surface area contributed by atoms with Gasteiger partial charge >= 0.3 is 6.18 Å². The Morgan fingerprint density at radius 3 is 2.37 bits per heavy atom. The van der Waals surface area contributed by atoms with Gasteiger partial charge in [0, 0.05) is 12.2 Å². The minimum Gasteiger partial charge on any atom is -0.482 e. The highest BCUT2D eigenvalue weighted by molar-refractivity contribution is 7.89. The number of anilines is 1. The number of rotatable bonds is 9. The first kappa shape index (κ1) is 24.0.